The number of allylic oxidation sites excluding steroid dienone is 5. The average molecular weight is 730 g/mol. The molecule has 1 amide bonds. The van der Waals surface area contributed by atoms with E-state index in [-0.39, 0.29) is 58.9 Å². The first-order chi connectivity index (χ1) is 24.4. The van der Waals surface area contributed by atoms with Crippen LogP contribution in [0.3, 0.4) is 0 Å². The van der Waals surface area contributed by atoms with Crippen LogP contribution in [-0.4, -0.2) is 73.5 Å². The Labute approximate surface area is 314 Å². The van der Waals surface area contributed by atoms with E-state index >= 15 is 0 Å². The number of Topliss-reactive ketones (excluding diaryl/α,β-unsaturated/α-hetero) is 1. The maximum absolute atomic E-state index is 12.9. The van der Waals surface area contributed by atoms with Gasteiger partial charge in [0.25, 0.3) is 0 Å². The first kappa shape index (κ1) is 45.6. The first-order valence-corrected chi connectivity index (χ1v) is 19.7. The third-order valence-electron chi connectivity index (χ3n) is 11.8. The van der Waals surface area contributed by atoms with Crippen LogP contribution < -0.4 is 5.32 Å². The van der Waals surface area contributed by atoms with Gasteiger partial charge in [0, 0.05) is 42.1 Å². The van der Waals surface area contributed by atoms with Crippen LogP contribution in [0.5, 0.6) is 0 Å². The molecule has 0 radical (unpaired) electrons. The molecule has 0 aromatic carbocycles. The monoisotopic (exact) mass is 730 g/mol. The van der Waals surface area contributed by atoms with Crippen molar-refractivity contribution < 1.29 is 39.9 Å². The number of piperidine rings is 1. The second-order valence-electron chi connectivity index (χ2n) is 16.2. The summed E-state index contributed by atoms with van der Waals surface area (Å²) in [6.07, 6.45) is 14.2. The van der Waals surface area contributed by atoms with Gasteiger partial charge in [-0.25, -0.2) is 0 Å². The molecule has 9 nitrogen and oxygen atoms in total. The molecule has 0 aromatic heterocycles. The molecular formula is C43H71NO8. The molecular weight excluding hydrogens is 658 g/mol. The molecule has 12 atom stereocenters. The van der Waals surface area contributed by atoms with E-state index in [9.17, 15) is 35.1 Å². The molecule has 0 aliphatic carbocycles. The van der Waals surface area contributed by atoms with Crippen molar-refractivity contribution in [3.63, 3.8) is 0 Å². The van der Waals surface area contributed by atoms with Crippen molar-refractivity contribution in [2.75, 3.05) is 0 Å². The van der Waals surface area contributed by atoms with Gasteiger partial charge >= 0.3 is 0 Å². The summed E-state index contributed by atoms with van der Waals surface area (Å²) in [5.74, 6) is -0.406. The van der Waals surface area contributed by atoms with E-state index in [4.69, 9.17) is 4.74 Å². The van der Waals surface area contributed by atoms with Crippen molar-refractivity contribution in [2.45, 2.75) is 157 Å². The number of hydrogen-bond donors (Lipinski definition) is 6. The third-order valence-corrected chi connectivity index (χ3v) is 11.8. The minimum absolute atomic E-state index is 0.0160. The van der Waals surface area contributed by atoms with Crippen LogP contribution in [-0.2, 0) is 14.3 Å². The van der Waals surface area contributed by atoms with Gasteiger partial charge in [0.15, 0.2) is 5.72 Å². The SMILES string of the molecule is CCC1CC(C)C2(NC1=O)OC(CC(O)C(C)CC/C=C/C=C(\C)C(O)C/C=C/C=C/C(O)C(C)C(O)C(CCC(C)=O)C(C)C)C(C)C(O)=C2C. The Kier molecular flexibility index (Phi) is 18.7. The summed E-state index contributed by atoms with van der Waals surface area (Å²) in [5.41, 5.74) is 0.408. The predicted molar refractivity (Wildman–Crippen MR) is 208 cm³/mol. The van der Waals surface area contributed by atoms with Crippen molar-refractivity contribution in [3.8, 4) is 0 Å². The van der Waals surface area contributed by atoms with Crippen molar-refractivity contribution in [2.24, 2.45) is 41.4 Å². The zero-order chi connectivity index (χ0) is 39.3. The predicted octanol–water partition coefficient (Wildman–Crippen LogP) is 7.26. The lowest BCUT2D eigenvalue weighted by atomic mass is 9.74. The van der Waals surface area contributed by atoms with E-state index < -0.39 is 36.2 Å². The highest BCUT2D eigenvalue weighted by atomic mass is 16.5. The van der Waals surface area contributed by atoms with Gasteiger partial charge in [-0.3, -0.25) is 4.79 Å². The number of aliphatic hydroxyl groups is 5. The standard InChI is InChI=1S/C43H71NO8/c1-11-34-24-29(6)43(44-42(34)51)33(10)40(49)32(9)39(52-43)25-38(48)28(5)19-15-12-14-18-27(4)36(46)20-16-13-17-21-37(47)31(8)41(50)35(26(2)3)23-22-30(7)45/h12-14,16-18,21,26,28-29,31-32,34-39,41,46-50H,11,15,19-20,22-25H2,1-10H3,(H,44,51)/b14-12+,16-13+,21-17+,27-18+. The summed E-state index contributed by atoms with van der Waals surface area (Å²) >= 11 is 0. The fraction of sp³-hybridized carbons (Fsp3) is 0.721. The molecule has 2 aliphatic rings. The van der Waals surface area contributed by atoms with E-state index in [1.165, 1.54) is 0 Å². The second kappa shape index (κ2) is 21.4. The molecule has 2 aliphatic heterocycles. The lowest BCUT2D eigenvalue weighted by Gasteiger charge is -2.51. The fourth-order valence-electron chi connectivity index (χ4n) is 7.59. The summed E-state index contributed by atoms with van der Waals surface area (Å²) < 4.78 is 6.60. The van der Waals surface area contributed by atoms with E-state index in [0.717, 1.165) is 24.8 Å². The third kappa shape index (κ3) is 12.5. The summed E-state index contributed by atoms with van der Waals surface area (Å²) in [5, 5.41) is 57.4. The Morgan fingerprint density at radius 2 is 1.69 bits per heavy atom. The van der Waals surface area contributed by atoms with Crippen molar-refractivity contribution in [3.05, 3.63) is 59.4 Å². The molecule has 52 heavy (non-hydrogen) atoms. The summed E-state index contributed by atoms with van der Waals surface area (Å²) in [6, 6.07) is 0. The van der Waals surface area contributed by atoms with Crippen molar-refractivity contribution in [1.82, 2.24) is 5.32 Å². The highest BCUT2D eigenvalue weighted by molar-refractivity contribution is 5.81. The van der Waals surface area contributed by atoms with Crippen LogP contribution in [0.4, 0.5) is 0 Å². The highest BCUT2D eigenvalue weighted by Crippen LogP contribution is 2.45. The Morgan fingerprint density at radius 1 is 1.02 bits per heavy atom. The molecule has 296 valence electrons. The molecule has 1 fully saturated rings. The zero-order valence-electron chi connectivity index (χ0n) is 33.6. The van der Waals surface area contributed by atoms with Crippen LogP contribution in [0.1, 0.15) is 121 Å². The van der Waals surface area contributed by atoms with Crippen LogP contribution >= 0.6 is 0 Å². The Morgan fingerprint density at radius 3 is 2.31 bits per heavy atom. The van der Waals surface area contributed by atoms with Gasteiger partial charge in [-0.1, -0.05) is 91.0 Å². The van der Waals surface area contributed by atoms with Gasteiger partial charge in [-0.05, 0) is 82.6 Å². The smallest absolute Gasteiger partial charge is 0.225 e. The average Bonchev–Trinajstić information content (AvgIpc) is 3.09. The summed E-state index contributed by atoms with van der Waals surface area (Å²) in [4.78, 5) is 24.3. The number of ether oxygens (including phenoxy) is 1. The second-order valence-corrected chi connectivity index (χ2v) is 16.2. The minimum atomic E-state index is -1.06. The van der Waals surface area contributed by atoms with Gasteiger partial charge in [-0.15, -0.1) is 0 Å². The van der Waals surface area contributed by atoms with Gasteiger partial charge in [-0.2, -0.15) is 0 Å². The van der Waals surface area contributed by atoms with Crippen molar-refractivity contribution in [1.29, 1.82) is 0 Å². The van der Waals surface area contributed by atoms with E-state index in [0.29, 0.717) is 37.7 Å². The molecule has 12 unspecified atom stereocenters. The highest BCUT2D eigenvalue weighted by Gasteiger charge is 2.53. The van der Waals surface area contributed by atoms with E-state index in [1.54, 1.807) is 25.2 Å². The number of nitrogens with one attached hydrogen (secondary N) is 1. The zero-order valence-corrected chi connectivity index (χ0v) is 33.6. The number of carbonyl (C=O) groups excluding carboxylic acids is 2. The Balaban J connectivity index is 1.83. The van der Waals surface area contributed by atoms with Gasteiger partial charge in [0.1, 0.15) is 11.5 Å². The molecule has 1 saturated heterocycles. The normalized spacial score (nSPS) is 28.8. The maximum atomic E-state index is 12.9. The van der Waals surface area contributed by atoms with Crippen LogP contribution in [0, 0.1) is 41.4 Å². The molecule has 0 saturated carbocycles. The topological polar surface area (TPSA) is 157 Å². The minimum Gasteiger partial charge on any atom is -0.512 e. The fourth-order valence-corrected chi connectivity index (χ4v) is 7.59. The number of hydrogen-bond acceptors (Lipinski definition) is 8. The van der Waals surface area contributed by atoms with Crippen LogP contribution in [0.15, 0.2) is 59.4 Å². The molecule has 1 spiro atoms. The Hall–Kier alpha value is -2.56. The number of ketones is 1. The number of aliphatic hydroxyl groups excluding tert-OH is 5. The summed E-state index contributed by atoms with van der Waals surface area (Å²) in [7, 11) is 0. The van der Waals surface area contributed by atoms with Gasteiger partial charge in [0.05, 0.1) is 30.5 Å². The maximum Gasteiger partial charge on any atom is 0.225 e. The number of carbonyl (C=O) groups is 2. The summed E-state index contributed by atoms with van der Waals surface area (Å²) in [6.45, 7) is 19.1. The molecule has 0 bridgehead atoms. The molecule has 2 rings (SSSR count). The number of rotatable bonds is 20. The molecule has 6 N–H and O–H groups in total. The van der Waals surface area contributed by atoms with Crippen LogP contribution in [0.25, 0.3) is 0 Å². The quantitative estimate of drug-likeness (QED) is 0.0715. The number of amides is 1. The van der Waals surface area contributed by atoms with Gasteiger partial charge < -0.3 is 40.4 Å². The molecule has 2 heterocycles. The largest absolute Gasteiger partial charge is 0.512 e. The first-order valence-electron chi connectivity index (χ1n) is 19.7. The van der Waals surface area contributed by atoms with E-state index in [2.05, 4.69) is 5.32 Å². The lowest BCUT2D eigenvalue weighted by molar-refractivity contribution is -0.185. The van der Waals surface area contributed by atoms with Crippen molar-refractivity contribution >= 4 is 11.7 Å². The molecule has 0 aromatic rings. The van der Waals surface area contributed by atoms with Crippen LogP contribution in [0.2, 0.25) is 0 Å². The lowest BCUT2D eigenvalue weighted by Crippen LogP contribution is -2.65. The Bertz CT molecular complexity index is 1300. The van der Waals surface area contributed by atoms with E-state index in [1.807, 2.05) is 86.6 Å². The van der Waals surface area contributed by atoms with Gasteiger partial charge in [0.2, 0.25) is 5.91 Å². The molecule has 9 heteroatoms.